The Morgan fingerprint density at radius 2 is 1.59 bits per heavy atom. The molecule has 0 bridgehead atoms. The topological polar surface area (TPSA) is 24.9 Å². The van der Waals surface area contributed by atoms with Crippen LogP contribution in [-0.2, 0) is 6.54 Å². The molecule has 1 heterocycles. The number of methoxy groups -OCH3 is 2. The molecular weight excluding hydrogens is 276 g/mol. The van der Waals surface area contributed by atoms with Gasteiger partial charge in [0.25, 0.3) is 0 Å². The Balaban J connectivity index is 1.83. The predicted octanol–water partition coefficient (Wildman–Crippen LogP) is 2.87. The van der Waals surface area contributed by atoms with Crippen molar-refractivity contribution in [2.45, 2.75) is 26.8 Å². The molecule has 0 aromatic heterocycles. The largest absolute Gasteiger partial charge is 0.493 e. The molecule has 124 valence electrons. The first kappa shape index (κ1) is 17.1. The molecule has 0 unspecified atom stereocenters. The molecule has 22 heavy (non-hydrogen) atoms. The van der Waals surface area contributed by atoms with Crippen LogP contribution < -0.4 is 9.47 Å². The lowest BCUT2D eigenvalue weighted by atomic mass is 10.1. The van der Waals surface area contributed by atoms with Gasteiger partial charge in [-0.3, -0.25) is 4.90 Å². The number of benzene rings is 1. The van der Waals surface area contributed by atoms with E-state index < -0.39 is 0 Å². The van der Waals surface area contributed by atoms with E-state index in [1.165, 1.54) is 31.6 Å². The van der Waals surface area contributed by atoms with Crippen molar-refractivity contribution in [2.24, 2.45) is 5.92 Å². The van der Waals surface area contributed by atoms with Crippen LogP contribution >= 0.6 is 0 Å². The van der Waals surface area contributed by atoms with Gasteiger partial charge in [0.15, 0.2) is 11.5 Å². The van der Waals surface area contributed by atoms with Gasteiger partial charge >= 0.3 is 0 Å². The SMILES string of the molecule is COc1ccc(CN2CCN(CCC(C)C)CC2)cc1OC. The van der Waals surface area contributed by atoms with Crippen LogP contribution in [0.15, 0.2) is 18.2 Å². The zero-order valence-electron chi connectivity index (χ0n) is 14.5. The maximum absolute atomic E-state index is 5.39. The highest BCUT2D eigenvalue weighted by Crippen LogP contribution is 2.28. The van der Waals surface area contributed by atoms with Crippen LogP contribution in [0.25, 0.3) is 0 Å². The summed E-state index contributed by atoms with van der Waals surface area (Å²) in [5.74, 6) is 2.41. The fourth-order valence-corrected chi connectivity index (χ4v) is 2.85. The molecule has 0 aliphatic carbocycles. The van der Waals surface area contributed by atoms with Gasteiger partial charge in [0, 0.05) is 32.7 Å². The van der Waals surface area contributed by atoms with E-state index in [-0.39, 0.29) is 0 Å². The number of hydrogen-bond donors (Lipinski definition) is 0. The van der Waals surface area contributed by atoms with Gasteiger partial charge in [-0.1, -0.05) is 19.9 Å². The van der Waals surface area contributed by atoms with E-state index in [1.54, 1.807) is 14.2 Å². The van der Waals surface area contributed by atoms with Crippen LogP contribution in [0, 0.1) is 5.92 Å². The summed E-state index contributed by atoms with van der Waals surface area (Å²) in [6, 6.07) is 6.21. The lowest BCUT2D eigenvalue weighted by Gasteiger charge is -2.35. The Labute approximate surface area is 135 Å². The van der Waals surface area contributed by atoms with Gasteiger partial charge in [0.1, 0.15) is 0 Å². The quantitative estimate of drug-likeness (QED) is 0.773. The van der Waals surface area contributed by atoms with Crippen molar-refractivity contribution in [3.63, 3.8) is 0 Å². The Kier molecular flexibility index (Phi) is 6.52. The number of nitrogens with zero attached hydrogens (tertiary/aromatic N) is 2. The Hall–Kier alpha value is -1.26. The summed E-state index contributed by atoms with van der Waals surface area (Å²) in [7, 11) is 3.36. The normalized spacial score (nSPS) is 17.0. The van der Waals surface area contributed by atoms with Gasteiger partial charge in [-0.15, -0.1) is 0 Å². The number of rotatable bonds is 7. The Morgan fingerprint density at radius 1 is 0.955 bits per heavy atom. The first-order valence-corrected chi connectivity index (χ1v) is 8.28. The van der Waals surface area contributed by atoms with Crippen molar-refractivity contribution < 1.29 is 9.47 Å². The number of piperazine rings is 1. The smallest absolute Gasteiger partial charge is 0.161 e. The van der Waals surface area contributed by atoms with Crippen LogP contribution in [0.3, 0.4) is 0 Å². The third kappa shape index (κ3) is 4.89. The average Bonchev–Trinajstić information content (AvgIpc) is 2.54. The molecule has 2 rings (SSSR count). The Bertz CT molecular complexity index is 454. The van der Waals surface area contributed by atoms with Gasteiger partial charge in [-0.2, -0.15) is 0 Å². The highest BCUT2D eigenvalue weighted by atomic mass is 16.5. The Morgan fingerprint density at radius 3 is 2.18 bits per heavy atom. The van der Waals surface area contributed by atoms with Crippen molar-refractivity contribution in [1.82, 2.24) is 9.80 Å². The zero-order chi connectivity index (χ0) is 15.9. The molecule has 1 aliphatic rings. The molecule has 0 saturated carbocycles. The second kappa shape index (κ2) is 8.39. The van der Waals surface area contributed by atoms with Crippen LogP contribution in [-0.4, -0.2) is 56.7 Å². The number of ether oxygens (including phenoxy) is 2. The second-order valence-corrected chi connectivity index (χ2v) is 6.49. The minimum atomic E-state index is 0.796. The second-order valence-electron chi connectivity index (χ2n) is 6.49. The van der Waals surface area contributed by atoms with Gasteiger partial charge in [0.05, 0.1) is 14.2 Å². The highest BCUT2D eigenvalue weighted by molar-refractivity contribution is 5.42. The maximum Gasteiger partial charge on any atom is 0.161 e. The third-order valence-electron chi connectivity index (χ3n) is 4.34. The predicted molar refractivity (Wildman–Crippen MR) is 90.7 cm³/mol. The molecule has 0 radical (unpaired) electrons. The van der Waals surface area contributed by atoms with E-state index in [4.69, 9.17) is 9.47 Å². The molecule has 0 N–H and O–H groups in total. The zero-order valence-corrected chi connectivity index (χ0v) is 14.5. The van der Waals surface area contributed by atoms with Crippen molar-refractivity contribution in [1.29, 1.82) is 0 Å². The molecule has 0 atom stereocenters. The molecule has 1 aromatic rings. The lowest BCUT2D eigenvalue weighted by Crippen LogP contribution is -2.46. The summed E-state index contributed by atoms with van der Waals surface area (Å²) in [5.41, 5.74) is 1.29. The summed E-state index contributed by atoms with van der Waals surface area (Å²) >= 11 is 0. The summed E-state index contributed by atoms with van der Waals surface area (Å²) in [5, 5.41) is 0. The minimum absolute atomic E-state index is 0.796. The summed E-state index contributed by atoms with van der Waals surface area (Å²) in [6.07, 6.45) is 1.30. The van der Waals surface area contributed by atoms with Crippen molar-refractivity contribution in [2.75, 3.05) is 46.9 Å². The van der Waals surface area contributed by atoms with E-state index in [9.17, 15) is 0 Å². The van der Waals surface area contributed by atoms with E-state index in [2.05, 4.69) is 35.8 Å². The third-order valence-corrected chi connectivity index (χ3v) is 4.34. The molecule has 4 heteroatoms. The van der Waals surface area contributed by atoms with Crippen LogP contribution in [0.5, 0.6) is 11.5 Å². The highest BCUT2D eigenvalue weighted by Gasteiger charge is 2.17. The maximum atomic E-state index is 5.39. The molecule has 1 aromatic carbocycles. The van der Waals surface area contributed by atoms with Crippen molar-refractivity contribution in [3.05, 3.63) is 23.8 Å². The first-order chi connectivity index (χ1) is 10.6. The minimum Gasteiger partial charge on any atom is -0.493 e. The summed E-state index contributed by atoms with van der Waals surface area (Å²) in [6.45, 7) is 11.5. The monoisotopic (exact) mass is 306 g/mol. The fourth-order valence-electron chi connectivity index (χ4n) is 2.85. The molecular formula is C18H30N2O2. The lowest BCUT2D eigenvalue weighted by molar-refractivity contribution is 0.123. The van der Waals surface area contributed by atoms with Crippen LogP contribution in [0.2, 0.25) is 0 Å². The van der Waals surface area contributed by atoms with Gasteiger partial charge < -0.3 is 14.4 Å². The molecule has 0 amide bonds. The molecule has 4 nitrogen and oxygen atoms in total. The van der Waals surface area contributed by atoms with Crippen LogP contribution in [0.1, 0.15) is 25.8 Å². The van der Waals surface area contributed by atoms with Gasteiger partial charge in [0.2, 0.25) is 0 Å². The molecule has 0 spiro atoms. The van der Waals surface area contributed by atoms with E-state index in [0.717, 1.165) is 37.1 Å². The van der Waals surface area contributed by atoms with Gasteiger partial charge in [-0.05, 0) is 36.6 Å². The molecule has 1 aliphatic heterocycles. The molecule has 1 saturated heterocycles. The van der Waals surface area contributed by atoms with E-state index in [0.29, 0.717) is 0 Å². The van der Waals surface area contributed by atoms with Crippen LogP contribution in [0.4, 0.5) is 0 Å². The van der Waals surface area contributed by atoms with Crippen molar-refractivity contribution in [3.8, 4) is 11.5 Å². The summed E-state index contributed by atoms with van der Waals surface area (Å²) in [4.78, 5) is 5.11. The average molecular weight is 306 g/mol. The fraction of sp³-hybridized carbons (Fsp3) is 0.667. The molecule has 1 fully saturated rings. The summed E-state index contributed by atoms with van der Waals surface area (Å²) < 4.78 is 10.7. The first-order valence-electron chi connectivity index (χ1n) is 8.28. The van der Waals surface area contributed by atoms with Crippen molar-refractivity contribution >= 4 is 0 Å². The van der Waals surface area contributed by atoms with E-state index >= 15 is 0 Å². The standard InChI is InChI=1S/C18H30N2O2/c1-15(2)7-8-19-9-11-20(12-10-19)14-16-5-6-17(21-3)18(13-16)22-4/h5-6,13,15H,7-12,14H2,1-4H3. The van der Waals surface area contributed by atoms with E-state index in [1.807, 2.05) is 6.07 Å². The van der Waals surface area contributed by atoms with Gasteiger partial charge in [-0.25, -0.2) is 0 Å². The number of hydrogen-bond acceptors (Lipinski definition) is 4.